The number of urea groups is 1. The van der Waals surface area contributed by atoms with Gasteiger partial charge in [-0.05, 0) is 57.4 Å². The Labute approximate surface area is 194 Å². The van der Waals surface area contributed by atoms with Gasteiger partial charge in [0, 0.05) is 30.1 Å². The number of benzene rings is 1. The van der Waals surface area contributed by atoms with Crippen molar-refractivity contribution in [1.82, 2.24) is 10.2 Å². The van der Waals surface area contributed by atoms with Gasteiger partial charge in [0.05, 0.1) is 5.69 Å². The minimum Gasteiger partial charge on any atom is -0.444 e. The van der Waals surface area contributed by atoms with Crippen LogP contribution in [-0.4, -0.2) is 47.7 Å². The molecule has 0 unspecified atom stereocenters. The first-order valence-corrected chi connectivity index (χ1v) is 11.2. The third-order valence-electron chi connectivity index (χ3n) is 4.75. The summed E-state index contributed by atoms with van der Waals surface area (Å²) in [6.45, 7) is 6.12. The molecular formula is C22H26F2N4O4S. The third kappa shape index (κ3) is 6.64. The monoisotopic (exact) mass is 480 g/mol. The minimum absolute atomic E-state index is 0.128. The molecule has 2 heterocycles. The molecule has 0 radical (unpaired) electrons. The second-order valence-corrected chi connectivity index (χ2v) is 9.79. The fourth-order valence-electron chi connectivity index (χ4n) is 3.46. The Morgan fingerprint density at radius 1 is 1.15 bits per heavy atom. The quantitative estimate of drug-likeness (QED) is 0.605. The number of anilines is 1. The number of primary amides is 1. The van der Waals surface area contributed by atoms with Crippen molar-refractivity contribution in [2.75, 3.05) is 18.4 Å². The molecule has 1 aromatic carbocycles. The lowest BCUT2D eigenvalue weighted by Crippen LogP contribution is -2.50. The maximum Gasteiger partial charge on any atom is 0.410 e. The van der Waals surface area contributed by atoms with Gasteiger partial charge >= 0.3 is 12.1 Å². The molecule has 2 aromatic rings. The highest BCUT2D eigenvalue weighted by molar-refractivity contribution is 7.18. The molecule has 1 aromatic heterocycles. The van der Waals surface area contributed by atoms with Crippen LogP contribution in [0.1, 0.15) is 43.3 Å². The largest absolute Gasteiger partial charge is 0.444 e. The molecule has 4 N–H and O–H groups in total. The topological polar surface area (TPSA) is 114 Å². The number of halogens is 2. The molecule has 11 heteroatoms. The lowest BCUT2D eigenvalue weighted by molar-refractivity contribution is 0.0185. The van der Waals surface area contributed by atoms with Crippen LogP contribution in [0.25, 0.3) is 10.4 Å². The molecule has 4 amide bonds. The first kappa shape index (κ1) is 24.4. The molecule has 8 nitrogen and oxygen atoms in total. The van der Waals surface area contributed by atoms with Gasteiger partial charge in [0.15, 0.2) is 0 Å². The van der Waals surface area contributed by atoms with Crippen molar-refractivity contribution in [1.29, 1.82) is 0 Å². The van der Waals surface area contributed by atoms with E-state index >= 15 is 0 Å². The standard InChI is InChI=1S/C22H26F2N4O4S/c1-22(2,3)32-21(31)28-6-4-5-15(11-28)26-19(29)18-16(27-20(25)30)10-17(33-18)12-7-13(23)9-14(24)8-12/h7-10,15H,4-6,11H2,1-3H3,(H,26,29)(H3,25,27,30)/t15-/m0/s1. The maximum absolute atomic E-state index is 13.7. The van der Waals surface area contributed by atoms with Crippen LogP contribution in [0.4, 0.5) is 24.1 Å². The van der Waals surface area contributed by atoms with Crippen molar-refractivity contribution in [3.05, 3.63) is 40.8 Å². The molecule has 1 aliphatic rings. The Bertz CT molecular complexity index is 1050. The molecule has 0 bridgehead atoms. The van der Waals surface area contributed by atoms with E-state index in [1.54, 1.807) is 20.8 Å². The average molecular weight is 481 g/mol. The van der Waals surface area contributed by atoms with Gasteiger partial charge in [-0.3, -0.25) is 4.79 Å². The summed E-state index contributed by atoms with van der Waals surface area (Å²) in [5, 5.41) is 5.25. The predicted octanol–water partition coefficient (Wildman–Crippen LogP) is 4.31. The number of nitrogens with one attached hydrogen (secondary N) is 2. The van der Waals surface area contributed by atoms with E-state index in [4.69, 9.17) is 10.5 Å². The summed E-state index contributed by atoms with van der Waals surface area (Å²) in [5.74, 6) is -2.03. The number of likely N-dealkylation sites (tertiary alicyclic amines) is 1. The van der Waals surface area contributed by atoms with Gasteiger partial charge in [0.1, 0.15) is 22.1 Å². The molecule has 1 atom stereocenters. The zero-order valence-corrected chi connectivity index (χ0v) is 19.4. The summed E-state index contributed by atoms with van der Waals surface area (Å²) in [7, 11) is 0. The highest BCUT2D eigenvalue weighted by Gasteiger charge is 2.29. The van der Waals surface area contributed by atoms with E-state index in [0.29, 0.717) is 24.3 Å². The SMILES string of the molecule is CC(C)(C)OC(=O)N1CCC[C@H](NC(=O)c2sc(-c3cc(F)cc(F)c3)cc2NC(N)=O)C1. The van der Waals surface area contributed by atoms with E-state index in [1.165, 1.54) is 11.0 Å². The molecule has 1 aliphatic heterocycles. The van der Waals surface area contributed by atoms with Crippen molar-refractivity contribution in [2.24, 2.45) is 5.73 Å². The van der Waals surface area contributed by atoms with Crippen molar-refractivity contribution in [3.8, 4) is 10.4 Å². The van der Waals surface area contributed by atoms with Crippen molar-refractivity contribution >= 4 is 35.1 Å². The highest BCUT2D eigenvalue weighted by atomic mass is 32.1. The Morgan fingerprint density at radius 2 is 1.82 bits per heavy atom. The van der Waals surface area contributed by atoms with Gasteiger partial charge < -0.3 is 26.0 Å². The molecule has 1 saturated heterocycles. The van der Waals surface area contributed by atoms with Gasteiger partial charge in [-0.1, -0.05) is 0 Å². The second kappa shape index (κ2) is 9.74. The number of nitrogens with two attached hydrogens (primary N) is 1. The number of piperidine rings is 1. The van der Waals surface area contributed by atoms with E-state index in [2.05, 4.69) is 10.6 Å². The Hall–Kier alpha value is -3.21. The van der Waals surface area contributed by atoms with Crippen LogP contribution in [0.2, 0.25) is 0 Å². The lowest BCUT2D eigenvalue weighted by atomic mass is 10.1. The van der Waals surface area contributed by atoms with Crippen LogP contribution in [0.3, 0.4) is 0 Å². The van der Waals surface area contributed by atoms with E-state index < -0.39 is 35.3 Å². The van der Waals surface area contributed by atoms with Crippen molar-refractivity contribution < 1.29 is 27.9 Å². The minimum atomic E-state index is -0.882. The van der Waals surface area contributed by atoms with Crippen LogP contribution in [0.15, 0.2) is 24.3 Å². The lowest BCUT2D eigenvalue weighted by Gasteiger charge is -2.34. The first-order valence-electron chi connectivity index (χ1n) is 10.4. The van der Waals surface area contributed by atoms with E-state index in [1.807, 2.05) is 0 Å². The zero-order valence-electron chi connectivity index (χ0n) is 18.5. The number of ether oxygens (including phenoxy) is 1. The Morgan fingerprint density at radius 3 is 2.42 bits per heavy atom. The maximum atomic E-state index is 13.7. The fourth-order valence-corrected chi connectivity index (χ4v) is 4.47. The number of hydrogen-bond donors (Lipinski definition) is 3. The van der Waals surface area contributed by atoms with Gasteiger partial charge in [-0.15, -0.1) is 11.3 Å². The number of carbonyl (C=O) groups is 3. The summed E-state index contributed by atoms with van der Waals surface area (Å²) >= 11 is 0.963. The van der Waals surface area contributed by atoms with Gasteiger partial charge in [0.2, 0.25) is 0 Å². The second-order valence-electron chi connectivity index (χ2n) is 8.74. The molecule has 33 heavy (non-hydrogen) atoms. The molecule has 0 saturated carbocycles. The normalized spacial score (nSPS) is 16.3. The number of thiophene rings is 1. The average Bonchev–Trinajstić information content (AvgIpc) is 3.09. The van der Waals surface area contributed by atoms with Crippen LogP contribution < -0.4 is 16.4 Å². The molecule has 3 rings (SSSR count). The number of amides is 4. The molecule has 1 fully saturated rings. The summed E-state index contributed by atoms with van der Waals surface area (Å²) in [6, 6.07) is 3.22. The number of carbonyl (C=O) groups excluding carboxylic acids is 3. The summed E-state index contributed by atoms with van der Waals surface area (Å²) < 4.78 is 32.7. The highest BCUT2D eigenvalue weighted by Crippen LogP contribution is 2.35. The Kier molecular flexibility index (Phi) is 7.21. The Balaban J connectivity index is 1.79. The van der Waals surface area contributed by atoms with Crippen LogP contribution in [0.5, 0.6) is 0 Å². The molecular weight excluding hydrogens is 454 g/mol. The van der Waals surface area contributed by atoms with Crippen LogP contribution >= 0.6 is 11.3 Å². The molecule has 0 spiro atoms. The van der Waals surface area contributed by atoms with E-state index in [-0.39, 0.29) is 28.7 Å². The molecule has 0 aliphatic carbocycles. The number of nitrogens with zero attached hydrogens (tertiary/aromatic N) is 1. The smallest absolute Gasteiger partial charge is 0.410 e. The zero-order chi connectivity index (χ0) is 24.3. The number of hydrogen-bond acceptors (Lipinski definition) is 5. The summed E-state index contributed by atoms with van der Waals surface area (Å²) in [5.41, 5.74) is 4.94. The summed E-state index contributed by atoms with van der Waals surface area (Å²) in [4.78, 5) is 38.9. The van der Waals surface area contributed by atoms with Gasteiger partial charge in [-0.25, -0.2) is 18.4 Å². The first-order chi connectivity index (χ1) is 15.4. The van der Waals surface area contributed by atoms with Crippen molar-refractivity contribution in [2.45, 2.75) is 45.3 Å². The fraction of sp³-hybridized carbons (Fsp3) is 0.409. The third-order valence-corrected chi connectivity index (χ3v) is 5.93. The predicted molar refractivity (Wildman–Crippen MR) is 121 cm³/mol. The van der Waals surface area contributed by atoms with E-state index in [0.717, 1.165) is 29.5 Å². The number of rotatable bonds is 4. The van der Waals surface area contributed by atoms with Crippen molar-refractivity contribution in [3.63, 3.8) is 0 Å². The molecule has 178 valence electrons. The van der Waals surface area contributed by atoms with Gasteiger partial charge in [0.25, 0.3) is 5.91 Å². The van der Waals surface area contributed by atoms with Crippen LogP contribution in [0, 0.1) is 11.6 Å². The van der Waals surface area contributed by atoms with Gasteiger partial charge in [-0.2, -0.15) is 0 Å². The van der Waals surface area contributed by atoms with Crippen LogP contribution in [-0.2, 0) is 4.74 Å². The van der Waals surface area contributed by atoms with E-state index in [9.17, 15) is 23.2 Å². The summed E-state index contributed by atoms with van der Waals surface area (Å²) in [6.07, 6.45) is 0.871.